The van der Waals surface area contributed by atoms with Gasteiger partial charge in [-0.15, -0.1) is 24.0 Å². The average Bonchev–Trinajstić information content (AvgIpc) is 2.68. The van der Waals surface area contributed by atoms with E-state index in [1.54, 1.807) is 7.05 Å². The summed E-state index contributed by atoms with van der Waals surface area (Å²) < 4.78 is 5.70. The minimum Gasteiger partial charge on any atom is -0.494 e. The zero-order valence-corrected chi connectivity index (χ0v) is 19.0. The minimum atomic E-state index is 0. The van der Waals surface area contributed by atoms with Crippen molar-refractivity contribution >= 4 is 35.8 Å². The van der Waals surface area contributed by atoms with Crippen LogP contribution in [0.15, 0.2) is 29.3 Å². The average molecular weight is 488 g/mol. The number of carbonyl (C=O) groups is 1. The molecule has 0 spiro atoms. The molecule has 0 unspecified atom stereocenters. The molecule has 1 aromatic carbocycles. The maximum absolute atomic E-state index is 11.5. The highest BCUT2D eigenvalue weighted by Crippen LogP contribution is 2.20. The SMILES string of the molecule is CCCOc1cccc(CNC(=NC)N2CCC(CC(=O)NC)CC2)c1.I. The second-order valence-electron chi connectivity index (χ2n) is 6.70. The first-order valence-electron chi connectivity index (χ1n) is 9.54. The summed E-state index contributed by atoms with van der Waals surface area (Å²) in [6, 6.07) is 8.18. The molecular weight excluding hydrogens is 455 g/mol. The summed E-state index contributed by atoms with van der Waals surface area (Å²) >= 11 is 0. The van der Waals surface area contributed by atoms with Crippen molar-refractivity contribution in [1.82, 2.24) is 15.5 Å². The van der Waals surface area contributed by atoms with E-state index in [2.05, 4.69) is 39.6 Å². The summed E-state index contributed by atoms with van der Waals surface area (Å²) in [6.45, 7) is 5.42. The van der Waals surface area contributed by atoms with E-state index >= 15 is 0 Å². The van der Waals surface area contributed by atoms with Gasteiger partial charge in [-0.3, -0.25) is 9.79 Å². The number of likely N-dealkylation sites (tertiary alicyclic amines) is 1. The fourth-order valence-electron chi connectivity index (χ4n) is 3.19. The molecule has 0 saturated carbocycles. The van der Waals surface area contributed by atoms with Crippen molar-refractivity contribution in [2.24, 2.45) is 10.9 Å². The van der Waals surface area contributed by atoms with Crippen molar-refractivity contribution in [2.45, 2.75) is 39.2 Å². The molecule has 0 aliphatic carbocycles. The van der Waals surface area contributed by atoms with E-state index in [4.69, 9.17) is 4.74 Å². The fraction of sp³-hybridized carbons (Fsp3) is 0.600. The van der Waals surface area contributed by atoms with E-state index in [1.807, 2.05) is 19.2 Å². The number of hydrogen-bond donors (Lipinski definition) is 2. The fourth-order valence-corrected chi connectivity index (χ4v) is 3.19. The second kappa shape index (κ2) is 12.8. The van der Waals surface area contributed by atoms with Crippen LogP contribution in [0.5, 0.6) is 5.75 Å². The Kier molecular flexibility index (Phi) is 11.2. The highest BCUT2D eigenvalue weighted by Gasteiger charge is 2.22. The summed E-state index contributed by atoms with van der Waals surface area (Å²) in [5.41, 5.74) is 1.18. The van der Waals surface area contributed by atoms with Gasteiger partial charge in [0.15, 0.2) is 5.96 Å². The zero-order valence-electron chi connectivity index (χ0n) is 16.7. The molecule has 2 N–H and O–H groups in total. The molecule has 1 aliphatic heterocycles. The van der Waals surface area contributed by atoms with Crippen LogP contribution >= 0.6 is 24.0 Å². The Bertz CT molecular complexity index is 601. The molecule has 152 valence electrons. The highest BCUT2D eigenvalue weighted by atomic mass is 127. The van der Waals surface area contributed by atoms with Gasteiger partial charge in [0.25, 0.3) is 0 Å². The Morgan fingerprint density at radius 1 is 1.33 bits per heavy atom. The van der Waals surface area contributed by atoms with Crippen molar-refractivity contribution in [3.63, 3.8) is 0 Å². The molecule has 1 heterocycles. The zero-order chi connectivity index (χ0) is 18.8. The molecule has 1 fully saturated rings. The Balaban J connectivity index is 0.00000364. The van der Waals surface area contributed by atoms with Gasteiger partial charge in [0.1, 0.15) is 5.75 Å². The number of ether oxygens (including phenoxy) is 1. The molecule has 0 bridgehead atoms. The van der Waals surface area contributed by atoms with E-state index in [-0.39, 0.29) is 29.9 Å². The van der Waals surface area contributed by atoms with E-state index in [1.165, 1.54) is 5.56 Å². The van der Waals surface area contributed by atoms with Crippen LogP contribution in [0.2, 0.25) is 0 Å². The van der Waals surface area contributed by atoms with Crippen LogP contribution in [0.25, 0.3) is 0 Å². The summed E-state index contributed by atoms with van der Waals surface area (Å²) in [5.74, 6) is 2.44. The topological polar surface area (TPSA) is 66.0 Å². The number of benzene rings is 1. The van der Waals surface area contributed by atoms with Gasteiger partial charge in [-0.1, -0.05) is 19.1 Å². The molecule has 7 heteroatoms. The number of halogens is 1. The number of nitrogens with zero attached hydrogens (tertiary/aromatic N) is 2. The third-order valence-electron chi connectivity index (χ3n) is 4.70. The standard InChI is InChI=1S/C20H32N4O2.HI/c1-4-12-26-18-7-5-6-17(13-18)15-23-20(22-3)24-10-8-16(9-11-24)14-19(25)21-2;/h5-7,13,16H,4,8-12,14-15H2,1-3H3,(H,21,25)(H,22,23);1H. The molecule has 0 aromatic heterocycles. The van der Waals surface area contributed by atoms with E-state index in [9.17, 15) is 4.79 Å². The molecule has 2 rings (SSSR count). The molecule has 1 amide bonds. The molecule has 0 atom stereocenters. The highest BCUT2D eigenvalue weighted by molar-refractivity contribution is 14.0. The maximum Gasteiger partial charge on any atom is 0.220 e. The lowest BCUT2D eigenvalue weighted by atomic mass is 9.93. The van der Waals surface area contributed by atoms with Crippen LogP contribution in [0, 0.1) is 5.92 Å². The molecule has 1 saturated heterocycles. The molecule has 1 aliphatic rings. The van der Waals surface area contributed by atoms with Crippen LogP contribution < -0.4 is 15.4 Å². The number of carbonyl (C=O) groups excluding carboxylic acids is 1. The lowest BCUT2D eigenvalue weighted by Gasteiger charge is -2.34. The Hall–Kier alpha value is -1.51. The first-order valence-corrected chi connectivity index (χ1v) is 9.54. The van der Waals surface area contributed by atoms with E-state index in [0.29, 0.717) is 18.9 Å². The molecular formula is C20H33IN4O2. The predicted molar refractivity (Wildman–Crippen MR) is 121 cm³/mol. The van der Waals surface area contributed by atoms with Crippen LogP contribution in [0.1, 0.15) is 38.2 Å². The number of rotatable bonds is 7. The van der Waals surface area contributed by atoms with Gasteiger partial charge in [0.05, 0.1) is 6.61 Å². The van der Waals surface area contributed by atoms with E-state index < -0.39 is 0 Å². The number of amides is 1. The Labute approximate surface area is 180 Å². The summed E-state index contributed by atoms with van der Waals surface area (Å²) in [5, 5.41) is 6.16. The van der Waals surface area contributed by atoms with Crippen LogP contribution in [0.4, 0.5) is 0 Å². The quantitative estimate of drug-likeness (QED) is 0.352. The van der Waals surface area contributed by atoms with Crippen molar-refractivity contribution in [2.75, 3.05) is 33.8 Å². The number of aliphatic imine (C=N–C) groups is 1. The van der Waals surface area contributed by atoms with Crippen LogP contribution in [0.3, 0.4) is 0 Å². The lowest BCUT2D eigenvalue weighted by molar-refractivity contribution is -0.121. The van der Waals surface area contributed by atoms with Gasteiger partial charge in [-0.05, 0) is 42.9 Å². The third-order valence-corrected chi connectivity index (χ3v) is 4.70. The normalized spacial score (nSPS) is 15.1. The van der Waals surface area contributed by atoms with Gasteiger partial charge >= 0.3 is 0 Å². The third kappa shape index (κ3) is 7.94. The van der Waals surface area contributed by atoms with Crippen molar-refractivity contribution < 1.29 is 9.53 Å². The van der Waals surface area contributed by atoms with Crippen LogP contribution in [-0.2, 0) is 11.3 Å². The number of guanidine groups is 1. The van der Waals surface area contributed by atoms with Crippen molar-refractivity contribution in [1.29, 1.82) is 0 Å². The van der Waals surface area contributed by atoms with Gasteiger partial charge in [-0.2, -0.15) is 0 Å². The monoisotopic (exact) mass is 488 g/mol. The molecule has 27 heavy (non-hydrogen) atoms. The first kappa shape index (κ1) is 23.5. The molecule has 1 aromatic rings. The summed E-state index contributed by atoms with van der Waals surface area (Å²) in [4.78, 5) is 18.2. The van der Waals surface area contributed by atoms with Crippen LogP contribution in [-0.4, -0.2) is 50.6 Å². The Morgan fingerprint density at radius 3 is 2.70 bits per heavy atom. The predicted octanol–water partition coefficient (Wildman–Crippen LogP) is 3.02. The molecule has 6 nitrogen and oxygen atoms in total. The summed E-state index contributed by atoms with van der Waals surface area (Å²) in [6.07, 6.45) is 3.68. The van der Waals surface area contributed by atoms with E-state index in [0.717, 1.165) is 50.7 Å². The number of hydrogen-bond acceptors (Lipinski definition) is 3. The van der Waals surface area contributed by atoms with Gasteiger partial charge in [-0.25, -0.2) is 0 Å². The second-order valence-corrected chi connectivity index (χ2v) is 6.70. The van der Waals surface area contributed by atoms with Crippen molar-refractivity contribution in [3.8, 4) is 5.75 Å². The van der Waals surface area contributed by atoms with Gasteiger partial charge in [0, 0.05) is 40.2 Å². The smallest absolute Gasteiger partial charge is 0.220 e. The number of nitrogens with one attached hydrogen (secondary N) is 2. The Morgan fingerprint density at radius 2 is 2.07 bits per heavy atom. The molecule has 0 radical (unpaired) electrons. The largest absolute Gasteiger partial charge is 0.494 e. The summed E-state index contributed by atoms with van der Waals surface area (Å²) in [7, 11) is 3.52. The number of piperidine rings is 1. The van der Waals surface area contributed by atoms with Gasteiger partial charge < -0.3 is 20.3 Å². The lowest BCUT2D eigenvalue weighted by Crippen LogP contribution is -2.45. The van der Waals surface area contributed by atoms with Gasteiger partial charge in [0.2, 0.25) is 5.91 Å². The first-order chi connectivity index (χ1) is 12.7. The van der Waals surface area contributed by atoms with Crippen molar-refractivity contribution in [3.05, 3.63) is 29.8 Å². The maximum atomic E-state index is 11.5. The minimum absolute atomic E-state index is 0.